The standard InChI is InChI=1S/C23H32O6S/c1-29-15-17-5-2-4-16(12-17)13-18(24)7-8-19-20(22(26)14-21(19)25)9-11-30-10-3-6-23(27)28/h2,4-5,7-8,12,18-21,24-25H,3,6,9-11,13-15H2,1H3,(H,27,28)/b8-7+. The summed E-state index contributed by atoms with van der Waals surface area (Å²) in [6.07, 6.45) is 4.09. The van der Waals surface area contributed by atoms with Gasteiger partial charge in [-0.1, -0.05) is 36.4 Å². The van der Waals surface area contributed by atoms with Crippen LogP contribution in [-0.2, 0) is 27.4 Å². The summed E-state index contributed by atoms with van der Waals surface area (Å²) in [4.78, 5) is 22.8. The Labute approximate surface area is 182 Å². The van der Waals surface area contributed by atoms with Gasteiger partial charge in [-0.25, -0.2) is 0 Å². The van der Waals surface area contributed by atoms with Crippen molar-refractivity contribution in [2.24, 2.45) is 11.8 Å². The van der Waals surface area contributed by atoms with Crippen LogP contribution < -0.4 is 0 Å². The Balaban J connectivity index is 1.85. The number of hydrogen-bond acceptors (Lipinski definition) is 6. The first kappa shape index (κ1) is 24.6. The highest BCUT2D eigenvalue weighted by molar-refractivity contribution is 7.99. The van der Waals surface area contributed by atoms with Crippen molar-refractivity contribution in [2.45, 2.75) is 50.9 Å². The number of Topliss-reactive ketones (excluding diaryl/α,β-unsaturated/α-hetero) is 1. The molecule has 3 N–H and O–H groups in total. The molecule has 2 rings (SSSR count). The number of aliphatic hydroxyl groups excluding tert-OH is 2. The van der Waals surface area contributed by atoms with Crippen molar-refractivity contribution in [3.63, 3.8) is 0 Å². The third-order valence-corrected chi connectivity index (χ3v) is 6.39. The molecular weight excluding hydrogens is 404 g/mol. The molecule has 1 aromatic carbocycles. The third kappa shape index (κ3) is 8.22. The van der Waals surface area contributed by atoms with Gasteiger partial charge in [-0.3, -0.25) is 9.59 Å². The number of thioether (sulfide) groups is 1. The quantitative estimate of drug-likeness (QED) is 0.323. The van der Waals surface area contributed by atoms with Crippen LogP contribution in [0.3, 0.4) is 0 Å². The third-order valence-electron chi connectivity index (χ3n) is 5.29. The van der Waals surface area contributed by atoms with Gasteiger partial charge in [0.25, 0.3) is 0 Å². The van der Waals surface area contributed by atoms with Crippen molar-refractivity contribution in [2.75, 3.05) is 18.6 Å². The van der Waals surface area contributed by atoms with Crippen molar-refractivity contribution in [3.05, 3.63) is 47.5 Å². The lowest BCUT2D eigenvalue weighted by molar-refractivity contribution is -0.137. The molecule has 166 valence electrons. The zero-order chi connectivity index (χ0) is 21.9. The van der Waals surface area contributed by atoms with E-state index in [1.165, 1.54) is 0 Å². The summed E-state index contributed by atoms with van der Waals surface area (Å²) in [5, 5.41) is 29.4. The van der Waals surface area contributed by atoms with Crippen LogP contribution in [0.5, 0.6) is 0 Å². The largest absolute Gasteiger partial charge is 0.481 e. The van der Waals surface area contributed by atoms with E-state index in [-0.39, 0.29) is 30.5 Å². The number of aliphatic carboxylic acids is 1. The lowest BCUT2D eigenvalue weighted by atomic mass is 9.91. The summed E-state index contributed by atoms with van der Waals surface area (Å²) in [6.45, 7) is 0.520. The van der Waals surface area contributed by atoms with Gasteiger partial charge in [0.05, 0.1) is 18.8 Å². The molecule has 7 heteroatoms. The lowest BCUT2D eigenvalue weighted by Crippen LogP contribution is -2.20. The number of carboxylic acids is 1. The minimum atomic E-state index is -0.793. The maximum absolute atomic E-state index is 12.3. The van der Waals surface area contributed by atoms with Crippen molar-refractivity contribution >= 4 is 23.5 Å². The number of carboxylic acid groups (broad SMARTS) is 1. The molecule has 0 aromatic heterocycles. The number of carbonyl (C=O) groups excluding carboxylic acids is 1. The van der Waals surface area contributed by atoms with E-state index in [0.29, 0.717) is 25.9 Å². The average molecular weight is 437 g/mol. The fraction of sp³-hybridized carbons (Fsp3) is 0.565. The topological polar surface area (TPSA) is 104 Å². The van der Waals surface area contributed by atoms with E-state index in [1.54, 1.807) is 31.0 Å². The van der Waals surface area contributed by atoms with Crippen molar-refractivity contribution in [1.82, 2.24) is 0 Å². The molecule has 1 aromatic rings. The Hall–Kier alpha value is -1.67. The zero-order valence-corrected chi connectivity index (χ0v) is 18.2. The predicted molar refractivity (Wildman–Crippen MR) is 117 cm³/mol. The summed E-state index contributed by atoms with van der Waals surface area (Å²) < 4.78 is 5.14. The van der Waals surface area contributed by atoms with Crippen molar-refractivity contribution in [3.8, 4) is 0 Å². The number of benzene rings is 1. The van der Waals surface area contributed by atoms with E-state index in [2.05, 4.69) is 0 Å². The van der Waals surface area contributed by atoms with Crippen LogP contribution in [0.25, 0.3) is 0 Å². The van der Waals surface area contributed by atoms with Crippen molar-refractivity contribution in [1.29, 1.82) is 0 Å². The molecule has 6 nitrogen and oxygen atoms in total. The maximum Gasteiger partial charge on any atom is 0.303 e. The molecule has 0 spiro atoms. The first-order valence-electron chi connectivity index (χ1n) is 10.3. The van der Waals surface area contributed by atoms with E-state index in [0.717, 1.165) is 22.6 Å². The van der Waals surface area contributed by atoms with Crippen LogP contribution in [-0.4, -0.2) is 57.9 Å². The van der Waals surface area contributed by atoms with Gasteiger partial charge in [0, 0.05) is 38.2 Å². The van der Waals surface area contributed by atoms with E-state index >= 15 is 0 Å². The smallest absolute Gasteiger partial charge is 0.303 e. The second-order valence-corrected chi connectivity index (χ2v) is 8.95. The van der Waals surface area contributed by atoms with Gasteiger partial charge >= 0.3 is 5.97 Å². The number of rotatable bonds is 13. The summed E-state index contributed by atoms with van der Waals surface area (Å²) >= 11 is 1.64. The van der Waals surface area contributed by atoms with E-state index in [1.807, 2.05) is 24.3 Å². The highest BCUT2D eigenvalue weighted by Gasteiger charge is 2.39. The molecule has 1 fully saturated rings. The van der Waals surface area contributed by atoms with Crippen LogP contribution in [0.15, 0.2) is 36.4 Å². The monoisotopic (exact) mass is 436 g/mol. The van der Waals surface area contributed by atoms with Gasteiger partial charge < -0.3 is 20.1 Å². The number of ketones is 1. The zero-order valence-electron chi connectivity index (χ0n) is 17.4. The van der Waals surface area contributed by atoms with Gasteiger partial charge in [0.15, 0.2) is 0 Å². The Kier molecular flexibility index (Phi) is 10.6. The van der Waals surface area contributed by atoms with Crippen LogP contribution in [0.1, 0.15) is 36.8 Å². The molecular formula is C23H32O6S. The Morgan fingerprint density at radius 3 is 2.83 bits per heavy atom. The number of aliphatic hydroxyl groups is 2. The van der Waals surface area contributed by atoms with Crippen LogP contribution in [0, 0.1) is 11.8 Å². The number of hydrogen-bond donors (Lipinski definition) is 3. The molecule has 1 saturated carbocycles. The van der Waals surface area contributed by atoms with Gasteiger partial charge in [-0.05, 0) is 35.5 Å². The molecule has 1 aliphatic carbocycles. The van der Waals surface area contributed by atoms with Gasteiger partial charge in [-0.15, -0.1) is 0 Å². The number of methoxy groups -OCH3 is 1. The Morgan fingerprint density at radius 2 is 2.10 bits per heavy atom. The summed E-state index contributed by atoms with van der Waals surface area (Å²) in [7, 11) is 1.64. The molecule has 4 atom stereocenters. The second kappa shape index (κ2) is 12.9. The first-order valence-corrected chi connectivity index (χ1v) is 11.5. The molecule has 0 amide bonds. The summed E-state index contributed by atoms with van der Waals surface area (Å²) in [5.41, 5.74) is 2.04. The summed E-state index contributed by atoms with van der Waals surface area (Å²) in [5.74, 6) is 0.231. The van der Waals surface area contributed by atoms with Crippen LogP contribution in [0.2, 0.25) is 0 Å². The normalized spacial score (nSPS) is 22.6. The minimum absolute atomic E-state index is 0.0602. The number of ether oxygens (including phenoxy) is 1. The Morgan fingerprint density at radius 1 is 1.33 bits per heavy atom. The maximum atomic E-state index is 12.3. The van der Waals surface area contributed by atoms with E-state index in [4.69, 9.17) is 9.84 Å². The highest BCUT2D eigenvalue weighted by Crippen LogP contribution is 2.34. The molecule has 1 aliphatic rings. The van der Waals surface area contributed by atoms with E-state index in [9.17, 15) is 19.8 Å². The lowest BCUT2D eigenvalue weighted by Gasteiger charge is -2.18. The molecule has 0 bridgehead atoms. The van der Waals surface area contributed by atoms with E-state index < -0.39 is 18.2 Å². The highest BCUT2D eigenvalue weighted by atomic mass is 32.2. The van der Waals surface area contributed by atoms with Gasteiger partial charge in [-0.2, -0.15) is 11.8 Å². The van der Waals surface area contributed by atoms with Crippen LogP contribution >= 0.6 is 11.8 Å². The molecule has 4 unspecified atom stereocenters. The molecule has 0 aliphatic heterocycles. The second-order valence-electron chi connectivity index (χ2n) is 7.73. The first-order chi connectivity index (χ1) is 14.4. The fourth-order valence-electron chi connectivity index (χ4n) is 3.81. The summed E-state index contributed by atoms with van der Waals surface area (Å²) in [6, 6.07) is 7.86. The average Bonchev–Trinajstić information content (AvgIpc) is 2.95. The SMILES string of the molecule is COCc1cccc(CC(O)/C=C/C2C(O)CC(=O)C2CCSCCCC(=O)O)c1. The molecule has 0 saturated heterocycles. The van der Waals surface area contributed by atoms with Crippen molar-refractivity contribution < 1.29 is 29.6 Å². The Bertz CT molecular complexity index is 719. The molecule has 30 heavy (non-hydrogen) atoms. The molecule has 0 heterocycles. The minimum Gasteiger partial charge on any atom is -0.481 e. The van der Waals surface area contributed by atoms with Crippen LogP contribution in [0.4, 0.5) is 0 Å². The van der Waals surface area contributed by atoms with Gasteiger partial charge in [0.2, 0.25) is 0 Å². The number of carbonyl (C=O) groups is 2. The predicted octanol–water partition coefficient (Wildman–Crippen LogP) is 2.85. The van der Waals surface area contributed by atoms with Gasteiger partial charge in [0.1, 0.15) is 5.78 Å². The fourth-order valence-corrected chi connectivity index (χ4v) is 4.78. The molecule has 0 radical (unpaired) electrons.